The van der Waals surface area contributed by atoms with Crippen molar-refractivity contribution in [2.75, 3.05) is 4.90 Å². The molecule has 1 rings (SSSR count). The Morgan fingerprint density at radius 2 is 2.00 bits per heavy atom. The van der Waals surface area contributed by atoms with E-state index >= 15 is 0 Å². The summed E-state index contributed by atoms with van der Waals surface area (Å²) < 4.78 is 0. The van der Waals surface area contributed by atoms with Crippen molar-refractivity contribution in [3.8, 4) is 6.07 Å². The highest BCUT2D eigenvalue weighted by Crippen LogP contribution is 2.17. The van der Waals surface area contributed by atoms with E-state index in [0.29, 0.717) is 5.69 Å². The Hall–Kier alpha value is -2.87. The molecule has 0 aromatic heterocycles. The molecule has 0 bridgehead atoms. The number of carboxylic acid groups (broad SMARTS) is 1. The van der Waals surface area contributed by atoms with Crippen LogP contribution in [-0.2, 0) is 9.59 Å². The maximum absolute atomic E-state index is 12.1. The van der Waals surface area contributed by atoms with Crippen LogP contribution in [0.15, 0.2) is 54.8 Å². The van der Waals surface area contributed by atoms with Gasteiger partial charge in [0.15, 0.2) is 0 Å². The lowest BCUT2D eigenvalue weighted by atomic mass is 10.1. The predicted molar refractivity (Wildman–Crippen MR) is 70.1 cm³/mol. The lowest BCUT2D eigenvalue weighted by Crippen LogP contribution is -2.27. The third kappa shape index (κ3) is 4.13. The number of rotatable bonds is 5. The number of hydrogen-bond donors (Lipinski definition) is 1. The fourth-order valence-corrected chi connectivity index (χ4v) is 1.40. The van der Waals surface area contributed by atoms with Gasteiger partial charge in [-0.25, -0.2) is 0 Å². The van der Waals surface area contributed by atoms with Crippen LogP contribution in [0, 0.1) is 11.3 Å². The van der Waals surface area contributed by atoms with Crippen LogP contribution in [0.25, 0.3) is 0 Å². The van der Waals surface area contributed by atoms with Crippen LogP contribution < -0.4 is 4.90 Å². The number of anilines is 1. The number of aliphatic carboxylic acids is 1. The number of hydrogen-bond acceptors (Lipinski definition) is 3. The molecular formula is C14H12N2O3. The Kier molecular flexibility index (Phi) is 5.05. The monoisotopic (exact) mass is 256 g/mol. The number of carboxylic acids is 1. The van der Waals surface area contributed by atoms with Gasteiger partial charge < -0.3 is 5.11 Å². The molecule has 0 fully saturated rings. The fourth-order valence-electron chi connectivity index (χ4n) is 1.40. The smallest absolute Gasteiger partial charge is 0.308 e. The van der Waals surface area contributed by atoms with E-state index in [1.807, 2.05) is 0 Å². The van der Waals surface area contributed by atoms with Crippen molar-refractivity contribution < 1.29 is 14.7 Å². The minimum absolute atomic E-state index is 0.0565. The van der Waals surface area contributed by atoms with Crippen LogP contribution in [0.5, 0.6) is 0 Å². The van der Waals surface area contributed by atoms with Crippen molar-refractivity contribution in [3.63, 3.8) is 0 Å². The van der Waals surface area contributed by atoms with Gasteiger partial charge in [0, 0.05) is 23.5 Å². The van der Waals surface area contributed by atoms with Gasteiger partial charge in [0.25, 0.3) is 5.91 Å². The summed E-state index contributed by atoms with van der Waals surface area (Å²) in [6, 6.07) is 10.4. The van der Waals surface area contributed by atoms with Gasteiger partial charge in [0.2, 0.25) is 0 Å². The van der Waals surface area contributed by atoms with Crippen molar-refractivity contribution in [1.82, 2.24) is 0 Å². The molecule has 1 N–H and O–H groups in total. The van der Waals surface area contributed by atoms with Gasteiger partial charge in [-0.2, -0.15) is 5.26 Å². The average Bonchev–Trinajstić information content (AvgIpc) is 2.39. The van der Waals surface area contributed by atoms with Crippen molar-refractivity contribution in [2.45, 2.75) is 6.42 Å². The largest absolute Gasteiger partial charge is 0.481 e. The van der Waals surface area contributed by atoms with Crippen LogP contribution in [0.4, 0.5) is 5.69 Å². The Bertz CT molecular complexity index is 556. The molecule has 0 aliphatic heterocycles. The summed E-state index contributed by atoms with van der Waals surface area (Å²) in [5.74, 6) is -1.68. The maximum Gasteiger partial charge on any atom is 0.308 e. The summed E-state index contributed by atoms with van der Waals surface area (Å²) in [4.78, 5) is 23.9. The number of amides is 1. The van der Waals surface area contributed by atoms with Crippen molar-refractivity contribution in [3.05, 3.63) is 54.8 Å². The molecule has 0 atom stereocenters. The van der Waals surface area contributed by atoms with Gasteiger partial charge in [0.1, 0.15) is 0 Å². The minimum Gasteiger partial charge on any atom is -0.481 e. The van der Waals surface area contributed by atoms with E-state index in [4.69, 9.17) is 10.4 Å². The van der Waals surface area contributed by atoms with E-state index in [1.54, 1.807) is 36.4 Å². The Morgan fingerprint density at radius 1 is 1.37 bits per heavy atom. The van der Waals surface area contributed by atoms with E-state index in [9.17, 15) is 9.59 Å². The van der Waals surface area contributed by atoms with E-state index in [0.717, 1.165) is 6.08 Å². The van der Waals surface area contributed by atoms with E-state index in [2.05, 4.69) is 6.58 Å². The molecule has 0 spiro atoms. The highest BCUT2D eigenvalue weighted by Gasteiger charge is 2.18. The van der Waals surface area contributed by atoms with E-state index < -0.39 is 18.3 Å². The summed E-state index contributed by atoms with van der Waals surface area (Å²) in [7, 11) is 0. The first kappa shape index (κ1) is 14.2. The van der Waals surface area contributed by atoms with Gasteiger partial charge in [-0.1, -0.05) is 24.8 Å². The number of carbonyl (C=O) groups is 2. The molecule has 0 aliphatic carbocycles. The first-order valence-corrected chi connectivity index (χ1v) is 5.40. The molecule has 1 amide bonds. The van der Waals surface area contributed by atoms with Crippen LogP contribution in [0.3, 0.4) is 0 Å². The molecule has 0 saturated carbocycles. The summed E-state index contributed by atoms with van der Waals surface area (Å²) in [6.07, 6.45) is 1.98. The van der Waals surface area contributed by atoms with Crippen LogP contribution in [-0.4, -0.2) is 17.0 Å². The van der Waals surface area contributed by atoms with Gasteiger partial charge >= 0.3 is 5.97 Å². The second-order valence-corrected chi connectivity index (χ2v) is 3.63. The molecule has 1 aromatic carbocycles. The molecule has 0 saturated heterocycles. The molecule has 0 aliphatic rings. The molecule has 5 nitrogen and oxygen atoms in total. The number of nitriles is 1. The van der Waals surface area contributed by atoms with Gasteiger partial charge in [-0.15, -0.1) is 0 Å². The zero-order valence-electron chi connectivity index (χ0n) is 10.1. The van der Waals surface area contributed by atoms with Gasteiger partial charge in [0.05, 0.1) is 12.5 Å². The second-order valence-electron chi connectivity index (χ2n) is 3.63. The number of nitrogens with zero attached hydrogens (tertiary/aromatic N) is 2. The average molecular weight is 256 g/mol. The summed E-state index contributed by atoms with van der Waals surface area (Å²) in [6.45, 7) is 3.46. The van der Waals surface area contributed by atoms with E-state index in [1.165, 1.54) is 11.1 Å². The standard InChI is InChI=1S/C14H12N2O3/c1-11(10-13(17)18)14(19)16(9-5-8-15)12-6-3-2-4-7-12/h2-7,9H,1,10H2,(H,17,18). The third-order valence-corrected chi connectivity index (χ3v) is 2.22. The maximum atomic E-state index is 12.1. The van der Waals surface area contributed by atoms with Crippen molar-refractivity contribution >= 4 is 17.6 Å². The normalized spacial score (nSPS) is 9.84. The zero-order valence-corrected chi connectivity index (χ0v) is 10.1. The van der Waals surface area contributed by atoms with Crippen molar-refractivity contribution in [1.29, 1.82) is 5.26 Å². The topological polar surface area (TPSA) is 81.4 Å². The lowest BCUT2D eigenvalue weighted by molar-refractivity contribution is -0.136. The summed E-state index contributed by atoms with van der Waals surface area (Å²) in [5, 5.41) is 17.2. The summed E-state index contributed by atoms with van der Waals surface area (Å²) >= 11 is 0. The molecule has 0 heterocycles. The van der Waals surface area contributed by atoms with Crippen LogP contribution in [0.1, 0.15) is 6.42 Å². The molecule has 5 heteroatoms. The number of benzene rings is 1. The molecule has 96 valence electrons. The second kappa shape index (κ2) is 6.77. The zero-order chi connectivity index (χ0) is 14.3. The third-order valence-electron chi connectivity index (χ3n) is 2.22. The number of carbonyl (C=O) groups excluding carboxylic acids is 1. The Balaban J connectivity index is 3.02. The molecule has 1 aromatic rings. The summed E-state index contributed by atoms with van der Waals surface area (Å²) in [5.41, 5.74) is 0.476. The highest BCUT2D eigenvalue weighted by atomic mass is 16.4. The number of allylic oxidation sites excluding steroid dienone is 1. The molecule has 0 unspecified atom stereocenters. The first-order chi connectivity index (χ1) is 9.06. The quantitative estimate of drug-likeness (QED) is 0.646. The van der Waals surface area contributed by atoms with Crippen molar-refractivity contribution in [2.24, 2.45) is 0 Å². The van der Waals surface area contributed by atoms with Gasteiger partial charge in [-0.05, 0) is 12.1 Å². The SMILES string of the molecule is C=C(CC(=O)O)C(=O)N(C=CC#N)c1ccccc1. The first-order valence-electron chi connectivity index (χ1n) is 5.40. The molecule has 19 heavy (non-hydrogen) atoms. The molecular weight excluding hydrogens is 244 g/mol. The Labute approximate surface area is 110 Å². The molecule has 0 radical (unpaired) electrons. The van der Waals surface area contributed by atoms with E-state index in [-0.39, 0.29) is 5.57 Å². The predicted octanol–water partition coefficient (Wildman–Crippen LogP) is 2.09. The van der Waals surface area contributed by atoms with Crippen LogP contribution >= 0.6 is 0 Å². The lowest BCUT2D eigenvalue weighted by Gasteiger charge is -2.18. The fraction of sp³-hybridized carbons (Fsp3) is 0.0714. The minimum atomic E-state index is -1.13. The Morgan fingerprint density at radius 3 is 2.53 bits per heavy atom. The highest BCUT2D eigenvalue weighted by molar-refractivity contribution is 6.08. The number of para-hydroxylation sites is 1. The van der Waals surface area contributed by atoms with Crippen LogP contribution in [0.2, 0.25) is 0 Å². The van der Waals surface area contributed by atoms with Gasteiger partial charge in [-0.3, -0.25) is 14.5 Å².